The van der Waals surface area contributed by atoms with E-state index in [0.29, 0.717) is 0 Å². The maximum atomic E-state index is 15.2. The largest absolute Gasteiger partial charge is 0.390 e. The molecule has 0 spiro atoms. The van der Waals surface area contributed by atoms with Gasteiger partial charge in [-0.2, -0.15) is 8.42 Å². The molecule has 1 aliphatic heterocycles. The normalized spacial score (nSPS) is 26.1. The summed E-state index contributed by atoms with van der Waals surface area (Å²) in [7, 11) is 5.89. The van der Waals surface area contributed by atoms with Crippen LogP contribution in [-0.2, 0) is 71.8 Å². The number of ether oxygens (including phenoxy) is 1. The van der Waals surface area contributed by atoms with Gasteiger partial charge >= 0.3 is 0 Å². The van der Waals surface area contributed by atoms with Crippen LogP contribution >= 0.6 is 0 Å². The zero-order chi connectivity index (χ0) is 72.0. The van der Waals surface area contributed by atoms with Crippen molar-refractivity contribution >= 4 is 75.1 Å². The van der Waals surface area contributed by atoms with E-state index >= 15 is 14.4 Å². The van der Waals surface area contributed by atoms with E-state index < -0.39 is 172 Å². The number of amides is 11. The van der Waals surface area contributed by atoms with Crippen LogP contribution < -0.4 is 21.3 Å². The lowest BCUT2D eigenvalue weighted by atomic mass is 9.91. The Bertz CT molecular complexity index is 2670. The van der Waals surface area contributed by atoms with E-state index in [4.69, 9.17) is 8.92 Å². The molecule has 0 aromatic heterocycles. The van der Waals surface area contributed by atoms with Crippen LogP contribution in [0, 0.1) is 35.5 Å². The molecule has 1 heterocycles. The summed E-state index contributed by atoms with van der Waals surface area (Å²) < 4.78 is 34.1. The van der Waals surface area contributed by atoms with Crippen LogP contribution in [0.15, 0.2) is 12.2 Å². The minimum atomic E-state index is -3.72. The molecule has 13 atom stereocenters. The summed E-state index contributed by atoms with van der Waals surface area (Å²) in [6.07, 6.45) is 2.90. The number of aliphatic hydroxyl groups excluding tert-OH is 1. The van der Waals surface area contributed by atoms with Crippen molar-refractivity contribution in [2.75, 3.05) is 75.3 Å². The molecule has 1 rings (SSSR count). The smallest absolute Gasteiger partial charge is 0.264 e. The van der Waals surface area contributed by atoms with Crippen LogP contribution in [0.5, 0.6) is 0 Å². The van der Waals surface area contributed by atoms with Gasteiger partial charge in [-0.3, -0.25) is 56.9 Å². The standard InChI is InChI=1S/C65H117N11O16S/c1-25-27-30-42(13)55(78)54-59(82)68-46(26-2)61(84)70(17)36-50(77)74(21)53(45(16)91-31-28-29-32-92-93(24,89)90)58(81)69-51(40(9)10)64(87)71(18)47(33-37(3)4)57(80)66-43(14)56(79)67-44(15)60(83)72(19)48(34-38(5)6)62(85)73(20)49(35-39(7)8)63(86)75(22)52(41(11)12)65(88)76(54)23/h25,27,37-49,51-55,78H,26,28-36H2,1-24H3,(H,66,80)(H,67,79)(H,68,82)(H,69,81)/b27-25+/t42-,43+,44+,45-,46+,47-,48+,49-,51+,52+,53+,54+,55-/m1/s1. The first kappa shape index (κ1) is 84.8. The number of likely N-dealkylation sites (N-methyl/N-ethyl adjacent to an activating group) is 7. The summed E-state index contributed by atoms with van der Waals surface area (Å²) in [6, 6.07) is -13.2. The van der Waals surface area contributed by atoms with Crippen molar-refractivity contribution in [3.63, 3.8) is 0 Å². The highest BCUT2D eigenvalue weighted by Crippen LogP contribution is 2.26. The number of rotatable bonds is 21. The van der Waals surface area contributed by atoms with Crippen LogP contribution in [0.1, 0.15) is 156 Å². The third kappa shape index (κ3) is 25.4. The molecule has 0 saturated carbocycles. The Balaban J connectivity index is 4.38. The van der Waals surface area contributed by atoms with Gasteiger partial charge in [0.2, 0.25) is 65.0 Å². The lowest BCUT2D eigenvalue weighted by Gasteiger charge is -2.41. The van der Waals surface area contributed by atoms with E-state index in [1.165, 1.54) is 89.7 Å². The maximum Gasteiger partial charge on any atom is 0.264 e. The molecule has 5 N–H and O–H groups in total. The average Bonchev–Trinajstić information content (AvgIpc) is 0.826. The van der Waals surface area contributed by atoms with E-state index in [-0.39, 0.29) is 75.9 Å². The molecule has 28 heteroatoms. The third-order valence-electron chi connectivity index (χ3n) is 17.0. The van der Waals surface area contributed by atoms with E-state index in [2.05, 4.69) is 21.3 Å². The van der Waals surface area contributed by atoms with Gasteiger partial charge in [-0.1, -0.05) is 95.2 Å². The number of hydrogen-bond acceptors (Lipinski definition) is 16. The van der Waals surface area contributed by atoms with Crippen molar-refractivity contribution in [2.24, 2.45) is 35.5 Å². The van der Waals surface area contributed by atoms with Gasteiger partial charge in [0.15, 0.2) is 0 Å². The first-order valence-electron chi connectivity index (χ1n) is 32.7. The fourth-order valence-electron chi connectivity index (χ4n) is 11.2. The lowest BCUT2D eigenvalue weighted by Crippen LogP contribution is -2.63. The van der Waals surface area contributed by atoms with Gasteiger partial charge in [0.25, 0.3) is 10.1 Å². The number of nitrogens with one attached hydrogen (secondary N) is 4. The second-order valence-electron chi connectivity index (χ2n) is 27.2. The fraction of sp³-hybridized carbons (Fsp3) is 0.800. The topological polar surface area (TPSA) is 331 Å². The number of aliphatic hydroxyl groups is 1. The third-order valence-corrected chi connectivity index (χ3v) is 17.6. The molecule has 1 fully saturated rings. The number of carbonyl (C=O) groups excluding carboxylic acids is 11. The van der Waals surface area contributed by atoms with Crippen LogP contribution in [-0.4, -0.2) is 261 Å². The number of allylic oxidation sites excluding steroid dienone is 2. The molecule has 0 unspecified atom stereocenters. The molecule has 534 valence electrons. The Hall–Kier alpha value is -6.26. The SMILES string of the molecule is C/C=C/C[C@@H](C)[C@@H](O)[C@H]1C(=O)N[C@@H](CC)C(=O)N(C)CC(=O)N(C)[C@@H]([C@@H](C)OCCCCOS(C)(=O)=O)C(=O)N[C@@H](C(C)C)C(=O)N(C)[C@H](CC(C)C)C(=O)N[C@@H](C)C(=O)N[C@@H](C)C(=O)N(C)[C@@H](CC(C)C)C(=O)N(C)[C@H](CC(C)C)C(=O)N(C)[C@@H](C(C)C)C(=O)N1C. The van der Waals surface area contributed by atoms with Crippen molar-refractivity contribution in [3.8, 4) is 0 Å². The molecule has 27 nitrogen and oxygen atoms in total. The van der Waals surface area contributed by atoms with Gasteiger partial charge in [-0.05, 0) is 108 Å². The van der Waals surface area contributed by atoms with Gasteiger partial charge in [0.1, 0.15) is 60.4 Å². The monoisotopic (exact) mass is 1340 g/mol. The second kappa shape index (κ2) is 38.9. The summed E-state index contributed by atoms with van der Waals surface area (Å²) in [6.45, 7) is 26.4. The highest BCUT2D eigenvalue weighted by Gasteiger charge is 2.46. The van der Waals surface area contributed by atoms with E-state index in [1.54, 1.807) is 60.6 Å². The average molecular weight is 1340 g/mol. The summed E-state index contributed by atoms with van der Waals surface area (Å²) in [5.74, 6) is -10.6. The van der Waals surface area contributed by atoms with Crippen molar-refractivity contribution in [1.29, 1.82) is 0 Å². The van der Waals surface area contributed by atoms with Crippen LogP contribution in [0.4, 0.5) is 0 Å². The molecule has 0 bridgehead atoms. The van der Waals surface area contributed by atoms with Crippen molar-refractivity contribution in [3.05, 3.63) is 12.2 Å². The fourth-order valence-corrected chi connectivity index (χ4v) is 11.7. The molecule has 93 heavy (non-hydrogen) atoms. The van der Waals surface area contributed by atoms with E-state index in [0.717, 1.165) is 21.0 Å². The predicted molar refractivity (Wildman–Crippen MR) is 354 cm³/mol. The van der Waals surface area contributed by atoms with Gasteiger partial charge in [0, 0.05) is 55.9 Å². The first-order valence-corrected chi connectivity index (χ1v) is 34.5. The van der Waals surface area contributed by atoms with Crippen LogP contribution in [0.3, 0.4) is 0 Å². The minimum Gasteiger partial charge on any atom is -0.390 e. The minimum absolute atomic E-state index is 0.0337. The molecular weight excluding hydrogens is 1220 g/mol. The lowest BCUT2D eigenvalue weighted by molar-refractivity contribution is -0.157. The van der Waals surface area contributed by atoms with Gasteiger partial charge < -0.3 is 65.4 Å². The Morgan fingerprint density at radius 1 is 0.527 bits per heavy atom. The Kier molecular flexibility index (Phi) is 35.5. The molecule has 1 saturated heterocycles. The van der Waals surface area contributed by atoms with Crippen molar-refractivity contribution in [1.82, 2.24) is 55.6 Å². The number of hydrogen-bond donors (Lipinski definition) is 5. The second-order valence-corrected chi connectivity index (χ2v) is 28.8. The maximum absolute atomic E-state index is 15.2. The number of nitrogens with zero attached hydrogens (tertiary/aromatic N) is 7. The molecule has 1 aliphatic rings. The molecule has 0 aromatic carbocycles. The number of carbonyl (C=O) groups is 11. The summed E-state index contributed by atoms with van der Waals surface area (Å²) in [5, 5.41) is 23.0. The van der Waals surface area contributed by atoms with E-state index in [9.17, 15) is 51.9 Å². The van der Waals surface area contributed by atoms with E-state index in [1.807, 2.05) is 41.5 Å². The van der Waals surface area contributed by atoms with Gasteiger partial charge in [-0.25, -0.2) is 0 Å². The molecule has 0 aliphatic carbocycles. The molecule has 0 radical (unpaired) electrons. The van der Waals surface area contributed by atoms with Gasteiger partial charge in [0.05, 0.1) is 31.6 Å². The molecule has 0 aromatic rings. The highest BCUT2D eigenvalue weighted by molar-refractivity contribution is 7.85. The van der Waals surface area contributed by atoms with Crippen LogP contribution in [0.2, 0.25) is 0 Å². The summed E-state index contributed by atoms with van der Waals surface area (Å²) >= 11 is 0. The molecule has 11 amide bonds. The van der Waals surface area contributed by atoms with Crippen molar-refractivity contribution < 1.29 is 75.2 Å². The Morgan fingerprint density at radius 2 is 0.989 bits per heavy atom. The Morgan fingerprint density at radius 3 is 1.47 bits per heavy atom. The zero-order valence-electron chi connectivity index (χ0n) is 60.2. The summed E-state index contributed by atoms with van der Waals surface area (Å²) in [4.78, 5) is 170. The highest BCUT2D eigenvalue weighted by atomic mass is 32.2. The molecular formula is C65H117N11O16S. The van der Waals surface area contributed by atoms with Crippen molar-refractivity contribution in [2.45, 2.75) is 228 Å². The quantitative estimate of drug-likeness (QED) is 0.0626. The zero-order valence-corrected chi connectivity index (χ0v) is 61.0. The summed E-state index contributed by atoms with van der Waals surface area (Å²) in [5.41, 5.74) is 0. The van der Waals surface area contributed by atoms with Gasteiger partial charge in [-0.15, -0.1) is 0 Å². The van der Waals surface area contributed by atoms with Crippen LogP contribution in [0.25, 0.3) is 0 Å². The first-order chi connectivity index (χ1) is 42.9. The number of unbranched alkanes of at least 4 members (excludes halogenated alkanes) is 1. The predicted octanol–water partition coefficient (Wildman–Crippen LogP) is 2.38. The Labute approximate surface area is 555 Å².